The minimum absolute atomic E-state index is 0.106. The van der Waals surface area contributed by atoms with E-state index in [1.54, 1.807) is 20.8 Å². The van der Waals surface area contributed by atoms with Crippen molar-refractivity contribution in [3.8, 4) is 0 Å². The van der Waals surface area contributed by atoms with Crippen molar-refractivity contribution in [2.75, 3.05) is 6.54 Å². The van der Waals surface area contributed by atoms with Crippen LogP contribution in [0, 0.1) is 5.92 Å². The van der Waals surface area contributed by atoms with Crippen molar-refractivity contribution in [1.82, 2.24) is 16.2 Å². The lowest BCUT2D eigenvalue weighted by atomic mass is 10.0. The predicted octanol–water partition coefficient (Wildman–Crippen LogP) is 0.422. The van der Waals surface area contributed by atoms with Gasteiger partial charge < -0.3 is 15.8 Å². The zero-order valence-corrected chi connectivity index (χ0v) is 14.0. The van der Waals surface area contributed by atoms with Crippen LogP contribution in [0.15, 0.2) is 0 Å². The summed E-state index contributed by atoms with van der Waals surface area (Å²) in [5, 5.41) is 2.55. The number of alkyl carbamates (subject to hydrolysis) is 1. The van der Waals surface area contributed by atoms with Crippen LogP contribution in [0.2, 0.25) is 0 Å². The molecule has 0 aromatic rings. The molecular formula is C14H28N4O4. The zero-order valence-electron chi connectivity index (χ0n) is 14.0. The Morgan fingerprint density at radius 3 is 2.23 bits per heavy atom. The molecule has 3 amide bonds. The van der Waals surface area contributed by atoms with Crippen LogP contribution in [0.25, 0.3) is 0 Å². The number of carbonyl (C=O) groups excluding carboxylic acids is 3. The molecule has 0 aromatic heterocycles. The lowest BCUT2D eigenvalue weighted by Crippen LogP contribution is -2.52. The molecule has 0 fully saturated rings. The van der Waals surface area contributed by atoms with Crippen molar-refractivity contribution < 1.29 is 19.1 Å². The van der Waals surface area contributed by atoms with Crippen molar-refractivity contribution in [1.29, 1.82) is 0 Å². The summed E-state index contributed by atoms with van der Waals surface area (Å²) in [5.41, 5.74) is 9.40. The highest BCUT2D eigenvalue weighted by Crippen LogP contribution is 2.09. The van der Waals surface area contributed by atoms with Gasteiger partial charge in [-0.1, -0.05) is 13.8 Å². The van der Waals surface area contributed by atoms with E-state index in [9.17, 15) is 14.4 Å². The Kier molecular flexibility index (Phi) is 8.47. The summed E-state index contributed by atoms with van der Waals surface area (Å²) >= 11 is 0. The Bertz CT molecular complexity index is 391. The van der Waals surface area contributed by atoms with E-state index in [0.29, 0.717) is 6.42 Å². The molecule has 0 saturated heterocycles. The first-order valence-electron chi connectivity index (χ1n) is 7.31. The summed E-state index contributed by atoms with van der Waals surface area (Å²) in [6.45, 7) is 9.34. The molecule has 1 unspecified atom stereocenters. The third kappa shape index (κ3) is 10.9. The van der Waals surface area contributed by atoms with E-state index in [0.717, 1.165) is 0 Å². The second kappa shape index (κ2) is 9.24. The van der Waals surface area contributed by atoms with Gasteiger partial charge in [0.15, 0.2) is 0 Å². The number of hydrogen-bond donors (Lipinski definition) is 4. The van der Waals surface area contributed by atoms with Crippen LogP contribution in [-0.2, 0) is 14.3 Å². The van der Waals surface area contributed by atoms with Gasteiger partial charge in [0, 0.05) is 13.0 Å². The molecule has 8 nitrogen and oxygen atoms in total. The Balaban J connectivity index is 4.46. The lowest BCUT2D eigenvalue weighted by molar-refractivity contribution is -0.125. The average Bonchev–Trinajstić information content (AvgIpc) is 2.30. The van der Waals surface area contributed by atoms with E-state index in [2.05, 4.69) is 16.2 Å². The second-order valence-corrected chi connectivity index (χ2v) is 6.46. The fourth-order valence-corrected chi connectivity index (χ4v) is 1.58. The van der Waals surface area contributed by atoms with Crippen molar-refractivity contribution in [2.24, 2.45) is 11.7 Å². The largest absolute Gasteiger partial charge is 0.444 e. The van der Waals surface area contributed by atoms with Crippen molar-refractivity contribution in [3.63, 3.8) is 0 Å². The van der Waals surface area contributed by atoms with Gasteiger partial charge in [0.25, 0.3) is 5.91 Å². The molecule has 22 heavy (non-hydrogen) atoms. The molecule has 0 aliphatic heterocycles. The molecule has 0 aliphatic rings. The third-order valence-electron chi connectivity index (χ3n) is 2.42. The van der Waals surface area contributed by atoms with Gasteiger partial charge in [-0.15, -0.1) is 0 Å². The molecule has 0 bridgehead atoms. The molecule has 0 saturated carbocycles. The first-order chi connectivity index (χ1) is 10.0. The van der Waals surface area contributed by atoms with E-state index >= 15 is 0 Å². The quantitative estimate of drug-likeness (QED) is 0.382. The van der Waals surface area contributed by atoms with Gasteiger partial charge >= 0.3 is 6.09 Å². The molecule has 8 heteroatoms. The van der Waals surface area contributed by atoms with Gasteiger partial charge in [-0.2, -0.15) is 0 Å². The van der Waals surface area contributed by atoms with Crippen LogP contribution >= 0.6 is 0 Å². The molecule has 0 aromatic carbocycles. The maximum Gasteiger partial charge on any atom is 0.408 e. The van der Waals surface area contributed by atoms with Crippen LogP contribution in [0.5, 0.6) is 0 Å². The molecule has 5 N–H and O–H groups in total. The zero-order chi connectivity index (χ0) is 17.3. The number of hydrazine groups is 1. The van der Waals surface area contributed by atoms with Gasteiger partial charge in [0.2, 0.25) is 5.91 Å². The minimum Gasteiger partial charge on any atom is -0.444 e. The number of amides is 3. The Hall–Kier alpha value is -1.83. The van der Waals surface area contributed by atoms with E-state index in [4.69, 9.17) is 10.5 Å². The standard InChI is InChI=1S/C14H28N4O4/c1-9(2)8-10(17-13(21)22-14(3,4)5)12(20)18-16-7-6-11(15)19/h9-10,16H,6-8H2,1-5H3,(H2,15,19)(H,17,21)(H,18,20). The summed E-state index contributed by atoms with van der Waals surface area (Å²) in [6, 6.07) is -0.726. The van der Waals surface area contributed by atoms with Gasteiger partial charge in [-0.05, 0) is 33.1 Å². The number of primary amides is 1. The molecular weight excluding hydrogens is 288 g/mol. The molecule has 128 valence electrons. The number of ether oxygens (including phenoxy) is 1. The van der Waals surface area contributed by atoms with Crippen molar-refractivity contribution >= 4 is 17.9 Å². The number of carbonyl (C=O) groups is 3. The molecule has 0 rings (SSSR count). The monoisotopic (exact) mass is 316 g/mol. The van der Waals surface area contributed by atoms with Crippen molar-refractivity contribution in [3.05, 3.63) is 0 Å². The maximum atomic E-state index is 12.1. The normalized spacial score (nSPS) is 12.6. The second-order valence-electron chi connectivity index (χ2n) is 6.46. The van der Waals surface area contributed by atoms with E-state index in [-0.39, 0.29) is 18.9 Å². The van der Waals surface area contributed by atoms with Crippen LogP contribution in [0.4, 0.5) is 4.79 Å². The molecule has 1 atom stereocenters. The van der Waals surface area contributed by atoms with Gasteiger partial charge in [0.1, 0.15) is 11.6 Å². The highest BCUT2D eigenvalue weighted by atomic mass is 16.6. The molecule has 0 heterocycles. The first kappa shape index (κ1) is 20.2. The summed E-state index contributed by atoms with van der Waals surface area (Å²) in [5.74, 6) is -0.660. The van der Waals surface area contributed by atoms with E-state index in [1.807, 2.05) is 13.8 Å². The predicted molar refractivity (Wildman–Crippen MR) is 82.6 cm³/mol. The fourth-order valence-electron chi connectivity index (χ4n) is 1.58. The van der Waals surface area contributed by atoms with Crippen LogP contribution < -0.4 is 21.9 Å². The summed E-state index contributed by atoms with van der Waals surface area (Å²) in [6.07, 6.45) is -0.0811. The summed E-state index contributed by atoms with van der Waals surface area (Å²) in [4.78, 5) is 34.4. The van der Waals surface area contributed by atoms with Crippen molar-refractivity contribution in [2.45, 2.75) is 59.1 Å². The van der Waals surface area contributed by atoms with E-state index < -0.39 is 29.6 Å². The third-order valence-corrected chi connectivity index (χ3v) is 2.42. The van der Waals surface area contributed by atoms with E-state index in [1.165, 1.54) is 0 Å². The average molecular weight is 316 g/mol. The maximum absolute atomic E-state index is 12.1. The Morgan fingerprint density at radius 2 is 1.77 bits per heavy atom. The Labute approximate surface area is 131 Å². The first-order valence-corrected chi connectivity index (χ1v) is 7.31. The number of nitrogens with two attached hydrogens (primary N) is 1. The number of nitrogens with one attached hydrogen (secondary N) is 3. The smallest absolute Gasteiger partial charge is 0.408 e. The van der Waals surface area contributed by atoms with Crippen LogP contribution in [0.1, 0.15) is 47.5 Å². The van der Waals surface area contributed by atoms with Gasteiger partial charge in [-0.3, -0.25) is 15.0 Å². The Morgan fingerprint density at radius 1 is 1.18 bits per heavy atom. The molecule has 0 spiro atoms. The SMILES string of the molecule is CC(C)CC(NC(=O)OC(C)(C)C)C(=O)NNCCC(N)=O. The molecule has 0 radical (unpaired) electrons. The summed E-state index contributed by atoms with van der Waals surface area (Å²) in [7, 11) is 0. The van der Waals surface area contributed by atoms with Crippen LogP contribution in [0.3, 0.4) is 0 Å². The van der Waals surface area contributed by atoms with Gasteiger partial charge in [-0.25, -0.2) is 10.2 Å². The highest BCUT2D eigenvalue weighted by molar-refractivity contribution is 5.85. The highest BCUT2D eigenvalue weighted by Gasteiger charge is 2.24. The number of hydrogen-bond acceptors (Lipinski definition) is 5. The topological polar surface area (TPSA) is 123 Å². The molecule has 0 aliphatic carbocycles. The van der Waals surface area contributed by atoms with Crippen LogP contribution in [-0.4, -0.2) is 36.1 Å². The minimum atomic E-state index is -0.726. The fraction of sp³-hybridized carbons (Fsp3) is 0.786. The number of rotatable bonds is 8. The summed E-state index contributed by atoms with van der Waals surface area (Å²) < 4.78 is 5.15. The van der Waals surface area contributed by atoms with Gasteiger partial charge in [0.05, 0.1) is 0 Å². The lowest BCUT2D eigenvalue weighted by Gasteiger charge is -2.24.